The van der Waals surface area contributed by atoms with Gasteiger partial charge in [0.1, 0.15) is 0 Å². The first kappa shape index (κ1) is 12.3. The van der Waals surface area contributed by atoms with Gasteiger partial charge >= 0.3 is 0 Å². The Kier molecular flexibility index (Phi) is 3.98. The van der Waals surface area contributed by atoms with Crippen molar-refractivity contribution in [2.75, 3.05) is 0 Å². The van der Waals surface area contributed by atoms with Gasteiger partial charge in [0.25, 0.3) is 0 Å². The minimum Gasteiger partial charge on any atom is -0.294 e. The van der Waals surface area contributed by atoms with Gasteiger partial charge < -0.3 is 0 Å². The van der Waals surface area contributed by atoms with Gasteiger partial charge in [0, 0.05) is 11.5 Å². The fourth-order valence-electron chi connectivity index (χ4n) is 2.90. The van der Waals surface area contributed by atoms with E-state index >= 15 is 0 Å². The molecule has 0 spiro atoms. The zero-order valence-corrected chi connectivity index (χ0v) is 10.9. The Morgan fingerprint density at radius 1 is 1.18 bits per heavy atom. The fourth-order valence-corrected chi connectivity index (χ4v) is 2.90. The molecule has 0 amide bonds. The van der Waals surface area contributed by atoms with Gasteiger partial charge in [-0.05, 0) is 44.1 Å². The maximum Gasteiger partial charge on any atom is 0.166 e. The summed E-state index contributed by atoms with van der Waals surface area (Å²) < 4.78 is 0. The van der Waals surface area contributed by atoms with Crippen molar-refractivity contribution in [3.63, 3.8) is 0 Å². The first-order chi connectivity index (χ1) is 8.22. The second-order valence-corrected chi connectivity index (χ2v) is 5.31. The summed E-state index contributed by atoms with van der Waals surface area (Å²) in [5.41, 5.74) is 2.06. The summed E-state index contributed by atoms with van der Waals surface area (Å²) in [6.07, 6.45) is 5.92. The van der Waals surface area contributed by atoms with Gasteiger partial charge in [-0.2, -0.15) is 0 Å². The summed E-state index contributed by atoms with van der Waals surface area (Å²) in [5.74, 6) is 1.51. The lowest BCUT2D eigenvalue weighted by Crippen LogP contribution is -2.22. The second-order valence-electron chi connectivity index (χ2n) is 5.31. The van der Waals surface area contributed by atoms with Crippen LogP contribution in [0.2, 0.25) is 0 Å². The second kappa shape index (κ2) is 5.48. The highest BCUT2D eigenvalue weighted by molar-refractivity contribution is 5.99. The minimum atomic E-state index is 0.277. The van der Waals surface area contributed by atoms with Crippen LogP contribution in [-0.2, 0) is 0 Å². The van der Waals surface area contributed by atoms with Crippen LogP contribution in [0.4, 0.5) is 0 Å². The molecule has 0 radical (unpaired) electrons. The van der Waals surface area contributed by atoms with E-state index in [1.165, 1.54) is 19.3 Å². The maximum atomic E-state index is 12.4. The molecule has 0 bridgehead atoms. The van der Waals surface area contributed by atoms with Crippen LogP contribution in [-0.4, -0.2) is 5.78 Å². The van der Waals surface area contributed by atoms with Gasteiger partial charge in [0.2, 0.25) is 0 Å². The molecule has 1 nitrogen and oxygen atoms in total. The van der Waals surface area contributed by atoms with E-state index in [-0.39, 0.29) is 5.92 Å². The van der Waals surface area contributed by atoms with Crippen LogP contribution in [0.15, 0.2) is 24.3 Å². The van der Waals surface area contributed by atoms with Gasteiger partial charge in [-0.15, -0.1) is 0 Å². The van der Waals surface area contributed by atoms with Crippen LogP contribution in [0.5, 0.6) is 0 Å². The van der Waals surface area contributed by atoms with E-state index in [1.807, 2.05) is 31.2 Å². The molecule has 1 aliphatic carbocycles. The van der Waals surface area contributed by atoms with Crippen molar-refractivity contribution in [2.45, 2.75) is 46.0 Å². The molecule has 1 aromatic carbocycles. The minimum absolute atomic E-state index is 0.277. The maximum absolute atomic E-state index is 12.4. The number of carbonyl (C=O) groups excluding carboxylic acids is 1. The van der Waals surface area contributed by atoms with Gasteiger partial charge in [-0.3, -0.25) is 4.79 Å². The van der Waals surface area contributed by atoms with E-state index in [2.05, 4.69) is 6.92 Å². The molecular weight excluding hydrogens is 208 g/mol. The molecule has 1 heteroatoms. The molecule has 0 heterocycles. The Morgan fingerprint density at radius 3 is 2.41 bits per heavy atom. The van der Waals surface area contributed by atoms with Crippen LogP contribution < -0.4 is 0 Å². The molecule has 0 saturated heterocycles. The number of aryl methyl sites for hydroxylation is 1. The van der Waals surface area contributed by atoms with Crippen molar-refractivity contribution in [1.29, 1.82) is 0 Å². The normalized spacial score (nSPS) is 24.6. The number of rotatable bonds is 3. The topological polar surface area (TPSA) is 17.1 Å². The van der Waals surface area contributed by atoms with Gasteiger partial charge in [-0.1, -0.05) is 37.6 Å². The first-order valence-corrected chi connectivity index (χ1v) is 6.82. The molecule has 1 saturated carbocycles. The Bertz CT molecular complexity index is 386. The number of hydrogen-bond donors (Lipinski definition) is 0. The van der Waals surface area contributed by atoms with Crippen LogP contribution in [0.1, 0.15) is 54.9 Å². The van der Waals surface area contributed by atoms with Crippen molar-refractivity contribution in [3.8, 4) is 0 Å². The third-order valence-corrected chi connectivity index (χ3v) is 4.21. The van der Waals surface area contributed by atoms with E-state index < -0.39 is 0 Å². The highest BCUT2D eigenvalue weighted by Gasteiger charge is 2.26. The van der Waals surface area contributed by atoms with Crippen molar-refractivity contribution in [3.05, 3.63) is 35.4 Å². The highest BCUT2D eigenvalue weighted by atomic mass is 16.1. The quantitative estimate of drug-likeness (QED) is 0.704. The van der Waals surface area contributed by atoms with Gasteiger partial charge in [0.15, 0.2) is 5.78 Å². The predicted molar refractivity (Wildman–Crippen MR) is 71.2 cm³/mol. The largest absolute Gasteiger partial charge is 0.294 e. The molecular formula is C16H22O. The molecule has 2 rings (SSSR count). The lowest BCUT2D eigenvalue weighted by Gasteiger charge is -2.27. The molecule has 92 valence electrons. The highest BCUT2D eigenvalue weighted by Crippen LogP contribution is 2.32. The summed E-state index contributed by atoms with van der Waals surface area (Å²) in [6, 6.07) is 7.98. The molecule has 1 aromatic rings. The molecule has 1 fully saturated rings. The lowest BCUT2D eigenvalue weighted by molar-refractivity contribution is 0.0870. The van der Waals surface area contributed by atoms with Gasteiger partial charge in [0.05, 0.1) is 0 Å². The number of hydrogen-bond acceptors (Lipinski definition) is 1. The Labute approximate surface area is 104 Å². The molecule has 0 atom stereocenters. The predicted octanol–water partition coefficient (Wildman–Crippen LogP) is 4.39. The Morgan fingerprint density at radius 2 is 1.82 bits per heavy atom. The molecule has 1 aliphatic rings. The van der Waals surface area contributed by atoms with Crippen LogP contribution in [0.25, 0.3) is 0 Å². The molecule has 0 aliphatic heterocycles. The van der Waals surface area contributed by atoms with E-state index in [0.717, 1.165) is 29.9 Å². The Balaban J connectivity index is 2.04. The standard InChI is InChI=1S/C16H22O/c1-3-13-8-10-14(11-9-13)16(17)15-7-5-4-6-12(15)2/h4-7,13-14H,3,8-11H2,1-2H3. The number of benzene rings is 1. The zero-order chi connectivity index (χ0) is 12.3. The zero-order valence-electron chi connectivity index (χ0n) is 10.9. The molecule has 0 unspecified atom stereocenters. The summed E-state index contributed by atoms with van der Waals surface area (Å²) in [5, 5.41) is 0. The lowest BCUT2D eigenvalue weighted by atomic mass is 9.77. The van der Waals surface area contributed by atoms with E-state index in [4.69, 9.17) is 0 Å². The van der Waals surface area contributed by atoms with Crippen molar-refractivity contribution >= 4 is 5.78 Å². The fraction of sp³-hybridized carbons (Fsp3) is 0.562. The van der Waals surface area contributed by atoms with Crippen molar-refractivity contribution < 1.29 is 4.79 Å². The third-order valence-electron chi connectivity index (χ3n) is 4.21. The third kappa shape index (κ3) is 2.77. The smallest absolute Gasteiger partial charge is 0.166 e. The summed E-state index contributed by atoms with van der Waals surface area (Å²) in [6.45, 7) is 4.29. The first-order valence-electron chi connectivity index (χ1n) is 6.82. The van der Waals surface area contributed by atoms with E-state index in [9.17, 15) is 4.79 Å². The van der Waals surface area contributed by atoms with Crippen molar-refractivity contribution in [2.24, 2.45) is 11.8 Å². The molecule has 0 N–H and O–H groups in total. The average Bonchev–Trinajstić information content (AvgIpc) is 2.39. The van der Waals surface area contributed by atoms with E-state index in [0.29, 0.717) is 5.78 Å². The van der Waals surface area contributed by atoms with Crippen LogP contribution in [0.3, 0.4) is 0 Å². The summed E-state index contributed by atoms with van der Waals surface area (Å²) in [4.78, 5) is 12.4. The van der Waals surface area contributed by atoms with Gasteiger partial charge in [-0.25, -0.2) is 0 Å². The SMILES string of the molecule is CCC1CCC(C(=O)c2ccccc2C)CC1. The number of carbonyl (C=O) groups is 1. The monoisotopic (exact) mass is 230 g/mol. The number of ketones is 1. The number of Topliss-reactive ketones (excluding diaryl/α,β-unsaturated/α-hetero) is 1. The average molecular weight is 230 g/mol. The summed E-state index contributed by atoms with van der Waals surface area (Å²) in [7, 11) is 0. The Hall–Kier alpha value is -1.11. The van der Waals surface area contributed by atoms with E-state index in [1.54, 1.807) is 0 Å². The van der Waals surface area contributed by atoms with Crippen LogP contribution >= 0.6 is 0 Å². The molecule has 0 aromatic heterocycles. The molecule has 17 heavy (non-hydrogen) atoms. The van der Waals surface area contributed by atoms with Crippen LogP contribution in [0, 0.1) is 18.8 Å². The summed E-state index contributed by atoms with van der Waals surface area (Å²) >= 11 is 0. The van der Waals surface area contributed by atoms with Crippen molar-refractivity contribution in [1.82, 2.24) is 0 Å².